The largest absolute Gasteiger partial charge is 0.417 e. The summed E-state index contributed by atoms with van der Waals surface area (Å²) >= 11 is 6.88. The highest BCUT2D eigenvalue weighted by molar-refractivity contribution is 7.15. The van der Waals surface area contributed by atoms with Gasteiger partial charge in [0.25, 0.3) is 5.91 Å². The Kier molecular flexibility index (Phi) is 6.95. The highest BCUT2D eigenvalue weighted by Gasteiger charge is 2.34. The first-order valence-electron chi connectivity index (χ1n) is 10.3. The minimum absolute atomic E-state index is 0.0142. The highest BCUT2D eigenvalue weighted by Crippen LogP contribution is 2.40. The number of rotatable bonds is 6. The van der Waals surface area contributed by atoms with Gasteiger partial charge in [-0.25, -0.2) is 0 Å². The van der Waals surface area contributed by atoms with Crippen LogP contribution in [0.4, 0.5) is 23.9 Å². The molecule has 0 bridgehead atoms. The summed E-state index contributed by atoms with van der Waals surface area (Å²) in [6, 6.07) is 20.6. The van der Waals surface area contributed by atoms with Crippen LogP contribution < -0.4 is 10.2 Å². The Morgan fingerprint density at radius 3 is 2.23 bits per heavy atom. The van der Waals surface area contributed by atoms with Gasteiger partial charge in [-0.05, 0) is 34.9 Å². The molecule has 3 aromatic carbocycles. The first-order chi connectivity index (χ1) is 16.7. The molecule has 0 radical (unpaired) electrons. The predicted octanol–water partition coefficient (Wildman–Crippen LogP) is 7.60. The number of carbonyl (C=O) groups excluding carboxylic acids is 2. The Labute approximate surface area is 208 Å². The summed E-state index contributed by atoms with van der Waals surface area (Å²) in [5.74, 6) is -0.576. The molecule has 9 heteroatoms. The topological polar surface area (TPSA) is 49.4 Å². The van der Waals surface area contributed by atoms with Crippen molar-refractivity contribution in [1.82, 2.24) is 0 Å². The number of thiophene rings is 1. The lowest BCUT2D eigenvalue weighted by atomic mass is 9.99. The normalized spacial score (nSPS) is 11.2. The molecule has 4 rings (SSSR count). The molecule has 0 aliphatic carbocycles. The van der Waals surface area contributed by atoms with E-state index in [0.717, 1.165) is 45.1 Å². The van der Waals surface area contributed by atoms with E-state index >= 15 is 0 Å². The molecule has 0 fully saturated rings. The zero-order valence-electron chi connectivity index (χ0n) is 18.3. The van der Waals surface area contributed by atoms with E-state index in [0.29, 0.717) is 17.0 Å². The van der Waals surface area contributed by atoms with Crippen molar-refractivity contribution in [2.75, 3.05) is 17.3 Å². The summed E-state index contributed by atoms with van der Waals surface area (Å²) in [7, 11) is 1.37. The van der Waals surface area contributed by atoms with E-state index in [2.05, 4.69) is 5.32 Å². The van der Waals surface area contributed by atoms with Crippen molar-refractivity contribution in [2.45, 2.75) is 6.18 Å². The predicted molar refractivity (Wildman–Crippen MR) is 134 cm³/mol. The Morgan fingerprint density at radius 1 is 0.971 bits per heavy atom. The van der Waals surface area contributed by atoms with E-state index in [1.54, 1.807) is 5.38 Å². The molecule has 0 unspecified atom stereocenters. The molecule has 0 atom stereocenters. The molecule has 0 spiro atoms. The maximum atomic E-state index is 13.5. The van der Waals surface area contributed by atoms with Gasteiger partial charge >= 0.3 is 6.18 Å². The Morgan fingerprint density at radius 2 is 1.60 bits per heavy atom. The molecular weight excluding hydrogens is 497 g/mol. The Bertz CT molecular complexity index is 1370. The fraction of sp³-hybridized carbons (Fsp3) is 0.0769. The summed E-state index contributed by atoms with van der Waals surface area (Å²) < 4.78 is 40.0. The number of anilines is 2. The van der Waals surface area contributed by atoms with E-state index in [-0.39, 0.29) is 11.3 Å². The van der Waals surface area contributed by atoms with E-state index in [1.807, 2.05) is 54.6 Å². The number of halogens is 4. The van der Waals surface area contributed by atoms with Crippen molar-refractivity contribution >= 4 is 45.9 Å². The Hall–Kier alpha value is -3.62. The average Bonchev–Trinajstić information content (AvgIpc) is 3.27. The molecule has 35 heavy (non-hydrogen) atoms. The van der Waals surface area contributed by atoms with Crippen molar-refractivity contribution < 1.29 is 22.8 Å². The molecule has 1 N–H and O–H groups in total. The Balaban J connectivity index is 1.73. The van der Waals surface area contributed by atoms with Gasteiger partial charge in [-0.15, -0.1) is 11.3 Å². The summed E-state index contributed by atoms with van der Waals surface area (Å²) in [6.45, 7) is 0. The zero-order chi connectivity index (χ0) is 25.2. The van der Waals surface area contributed by atoms with Gasteiger partial charge in [0.15, 0.2) is 0 Å². The van der Waals surface area contributed by atoms with Crippen LogP contribution in [0.1, 0.15) is 15.9 Å². The highest BCUT2D eigenvalue weighted by atomic mass is 35.5. The summed E-state index contributed by atoms with van der Waals surface area (Å²) in [6.07, 6.45) is -4.22. The van der Waals surface area contributed by atoms with Crippen LogP contribution in [0, 0.1) is 0 Å². The maximum absolute atomic E-state index is 13.5. The van der Waals surface area contributed by atoms with Crippen molar-refractivity contribution in [2.24, 2.45) is 0 Å². The van der Waals surface area contributed by atoms with Crippen molar-refractivity contribution in [3.8, 4) is 22.3 Å². The minimum atomic E-state index is -4.67. The van der Waals surface area contributed by atoms with Crippen LogP contribution in [-0.2, 0) is 11.0 Å². The lowest BCUT2D eigenvalue weighted by Gasteiger charge is -2.20. The molecule has 0 aliphatic rings. The monoisotopic (exact) mass is 514 g/mol. The average molecular weight is 515 g/mol. The first kappa shape index (κ1) is 24.5. The number of nitrogens with one attached hydrogen (secondary N) is 1. The third-order valence-electron chi connectivity index (χ3n) is 5.45. The fourth-order valence-electron chi connectivity index (χ4n) is 3.64. The second kappa shape index (κ2) is 9.93. The smallest absolute Gasteiger partial charge is 0.320 e. The van der Waals surface area contributed by atoms with Crippen LogP contribution in [0.15, 0.2) is 78.2 Å². The second-order valence-electron chi connectivity index (χ2n) is 7.59. The summed E-state index contributed by atoms with van der Waals surface area (Å²) in [5.41, 5.74) is 2.46. The SMILES string of the molecule is CN(C(=O)c1c(-c2ccc(-c3ccccc3)cc2)csc1NC=O)c1ccc(Cl)c(C(F)(F)F)c1. The number of carbonyl (C=O) groups is 2. The van der Waals surface area contributed by atoms with Crippen LogP contribution in [0.25, 0.3) is 22.3 Å². The number of alkyl halides is 3. The van der Waals surface area contributed by atoms with E-state index in [1.165, 1.54) is 13.1 Å². The zero-order valence-corrected chi connectivity index (χ0v) is 19.8. The number of hydrogen-bond acceptors (Lipinski definition) is 3. The third-order valence-corrected chi connectivity index (χ3v) is 6.69. The lowest BCUT2D eigenvalue weighted by Crippen LogP contribution is -2.27. The van der Waals surface area contributed by atoms with Gasteiger partial charge in [0.05, 0.1) is 16.1 Å². The number of benzene rings is 3. The number of amides is 2. The first-order valence-corrected chi connectivity index (χ1v) is 11.6. The van der Waals surface area contributed by atoms with Crippen LogP contribution in [0.3, 0.4) is 0 Å². The molecule has 4 aromatic rings. The standard InChI is InChI=1S/C26H18ClF3N2O2S/c1-32(19-11-12-22(27)21(13-19)26(28,29)30)25(34)23-20(14-35-24(23)31-15-33)18-9-7-17(8-10-18)16-5-3-2-4-6-16/h2-15H,1H3,(H,31,33). The van der Waals surface area contributed by atoms with Gasteiger partial charge in [0, 0.05) is 23.7 Å². The maximum Gasteiger partial charge on any atom is 0.417 e. The molecule has 1 heterocycles. The summed E-state index contributed by atoms with van der Waals surface area (Å²) in [4.78, 5) is 25.8. The van der Waals surface area contributed by atoms with Gasteiger partial charge in [-0.1, -0.05) is 66.2 Å². The fourth-order valence-corrected chi connectivity index (χ4v) is 4.78. The van der Waals surface area contributed by atoms with Gasteiger partial charge < -0.3 is 10.2 Å². The van der Waals surface area contributed by atoms with Gasteiger partial charge in [-0.3, -0.25) is 9.59 Å². The quantitative estimate of drug-likeness (QED) is 0.269. The molecule has 2 amide bonds. The van der Waals surface area contributed by atoms with Crippen LogP contribution in [0.5, 0.6) is 0 Å². The van der Waals surface area contributed by atoms with Crippen LogP contribution in [-0.4, -0.2) is 19.4 Å². The van der Waals surface area contributed by atoms with Crippen molar-refractivity contribution in [1.29, 1.82) is 0 Å². The van der Waals surface area contributed by atoms with E-state index < -0.39 is 22.7 Å². The molecule has 4 nitrogen and oxygen atoms in total. The van der Waals surface area contributed by atoms with Crippen LogP contribution >= 0.6 is 22.9 Å². The van der Waals surface area contributed by atoms with Gasteiger partial charge in [0.1, 0.15) is 5.00 Å². The molecule has 1 aromatic heterocycles. The van der Waals surface area contributed by atoms with Gasteiger partial charge in [-0.2, -0.15) is 13.2 Å². The molecule has 0 saturated heterocycles. The minimum Gasteiger partial charge on any atom is -0.320 e. The van der Waals surface area contributed by atoms with E-state index in [4.69, 9.17) is 11.6 Å². The molecule has 0 aliphatic heterocycles. The molecule has 178 valence electrons. The van der Waals surface area contributed by atoms with Crippen LogP contribution in [0.2, 0.25) is 5.02 Å². The molecular formula is C26H18ClF3N2O2S. The lowest BCUT2D eigenvalue weighted by molar-refractivity contribution is -0.137. The van der Waals surface area contributed by atoms with Gasteiger partial charge in [0.2, 0.25) is 6.41 Å². The summed E-state index contributed by atoms with van der Waals surface area (Å²) in [5, 5.41) is 4.09. The van der Waals surface area contributed by atoms with Crippen molar-refractivity contribution in [3.05, 3.63) is 94.3 Å². The second-order valence-corrected chi connectivity index (χ2v) is 8.87. The number of nitrogens with zero attached hydrogens (tertiary/aromatic N) is 1. The number of hydrogen-bond donors (Lipinski definition) is 1. The molecule has 0 saturated carbocycles. The van der Waals surface area contributed by atoms with Crippen molar-refractivity contribution in [3.63, 3.8) is 0 Å². The van der Waals surface area contributed by atoms with E-state index in [9.17, 15) is 22.8 Å². The third kappa shape index (κ3) is 5.08.